The number of thioether (sulfide) groups is 1. The summed E-state index contributed by atoms with van der Waals surface area (Å²) >= 11 is 1.60. The van der Waals surface area contributed by atoms with Gasteiger partial charge in [0.15, 0.2) is 0 Å². The Balaban J connectivity index is 1.53. The Bertz CT molecular complexity index is 916. The summed E-state index contributed by atoms with van der Waals surface area (Å²) in [6.45, 7) is 2.93. The summed E-state index contributed by atoms with van der Waals surface area (Å²) in [5, 5.41) is 11.5. The monoisotopic (exact) mass is 455 g/mol. The fourth-order valence-electron chi connectivity index (χ4n) is 4.48. The number of rotatable bonds is 7. The SMILES string of the molecule is C[C@H](C(=O)N1C(=O)OC[C@@H]1Cc1ccccc1)[C@H](O)C1(Sc2ccccc2)CCOCC1. The number of nitrogens with zero attached hydrogens (tertiary/aromatic N) is 1. The van der Waals surface area contributed by atoms with Crippen LogP contribution in [0.4, 0.5) is 4.79 Å². The molecule has 2 amide bonds. The van der Waals surface area contributed by atoms with E-state index >= 15 is 0 Å². The van der Waals surface area contributed by atoms with Gasteiger partial charge in [-0.1, -0.05) is 55.5 Å². The predicted octanol–water partition coefficient (Wildman–Crippen LogP) is 3.92. The lowest BCUT2D eigenvalue weighted by molar-refractivity contribution is -0.138. The van der Waals surface area contributed by atoms with E-state index in [1.54, 1.807) is 18.7 Å². The number of hydrogen-bond acceptors (Lipinski definition) is 6. The maximum atomic E-state index is 13.5. The molecule has 2 aliphatic heterocycles. The first kappa shape index (κ1) is 22.8. The normalized spacial score (nSPS) is 22.2. The van der Waals surface area contributed by atoms with Crippen LogP contribution in [0, 0.1) is 5.92 Å². The van der Waals surface area contributed by atoms with Crippen molar-refractivity contribution in [2.24, 2.45) is 5.92 Å². The van der Waals surface area contributed by atoms with Gasteiger partial charge in [-0.2, -0.15) is 0 Å². The van der Waals surface area contributed by atoms with Gasteiger partial charge in [0.2, 0.25) is 5.91 Å². The average Bonchev–Trinajstić information content (AvgIpc) is 3.19. The number of ether oxygens (including phenoxy) is 2. The molecule has 2 aromatic carbocycles. The van der Waals surface area contributed by atoms with E-state index < -0.39 is 22.9 Å². The molecule has 7 heteroatoms. The molecule has 2 saturated heterocycles. The van der Waals surface area contributed by atoms with Crippen molar-refractivity contribution in [2.45, 2.75) is 48.0 Å². The highest BCUT2D eigenvalue weighted by Gasteiger charge is 2.48. The Labute approximate surface area is 192 Å². The van der Waals surface area contributed by atoms with Crippen molar-refractivity contribution in [3.05, 3.63) is 66.2 Å². The minimum atomic E-state index is -0.935. The number of carbonyl (C=O) groups is 2. The summed E-state index contributed by atoms with van der Waals surface area (Å²) in [6, 6.07) is 19.3. The molecule has 3 atom stereocenters. The van der Waals surface area contributed by atoms with Crippen LogP contribution >= 0.6 is 11.8 Å². The number of benzene rings is 2. The highest BCUT2D eigenvalue weighted by atomic mass is 32.2. The van der Waals surface area contributed by atoms with E-state index in [0.29, 0.717) is 32.5 Å². The average molecular weight is 456 g/mol. The van der Waals surface area contributed by atoms with Crippen LogP contribution in [-0.4, -0.2) is 58.7 Å². The lowest BCUT2D eigenvalue weighted by atomic mass is 9.84. The predicted molar refractivity (Wildman–Crippen MR) is 122 cm³/mol. The van der Waals surface area contributed by atoms with Gasteiger partial charge in [-0.05, 0) is 37.0 Å². The Kier molecular flexibility index (Phi) is 7.18. The molecule has 0 saturated carbocycles. The fraction of sp³-hybridized carbons (Fsp3) is 0.440. The van der Waals surface area contributed by atoms with Crippen LogP contribution in [0.5, 0.6) is 0 Å². The molecule has 0 spiro atoms. The third-order valence-electron chi connectivity index (χ3n) is 6.32. The lowest BCUT2D eigenvalue weighted by Crippen LogP contribution is -2.53. The zero-order valence-electron chi connectivity index (χ0n) is 18.2. The van der Waals surface area contributed by atoms with E-state index in [1.165, 1.54) is 4.90 Å². The highest BCUT2D eigenvalue weighted by Crippen LogP contribution is 2.45. The lowest BCUT2D eigenvalue weighted by Gasteiger charge is -2.42. The Morgan fingerprint density at radius 3 is 2.41 bits per heavy atom. The molecule has 6 nitrogen and oxygen atoms in total. The van der Waals surface area contributed by atoms with Crippen molar-refractivity contribution in [2.75, 3.05) is 19.8 Å². The van der Waals surface area contributed by atoms with Gasteiger partial charge in [-0.25, -0.2) is 9.69 Å². The van der Waals surface area contributed by atoms with Gasteiger partial charge in [0.1, 0.15) is 6.61 Å². The summed E-state index contributed by atoms with van der Waals surface area (Å²) in [7, 11) is 0. The van der Waals surface area contributed by atoms with Crippen molar-refractivity contribution < 1.29 is 24.2 Å². The van der Waals surface area contributed by atoms with E-state index in [-0.39, 0.29) is 18.6 Å². The molecule has 2 aliphatic rings. The first-order valence-electron chi connectivity index (χ1n) is 11.0. The fourth-order valence-corrected chi connectivity index (χ4v) is 5.93. The third-order valence-corrected chi connectivity index (χ3v) is 7.88. The van der Waals surface area contributed by atoms with Crippen LogP contribution in [0.25, 0.3) is 0 Å². The first-order chi connectivity index (χ1) is 15.5. The largest absolute Gasteiger partial charge is 0.447 e. The van der Waals surface area contributed by atoms with Gasteiger partial charge >= 0.3 is 6.09 Å². The molecule has 2 aromatic rings. The smallest absolute Gasteiger partial charge is 0.416 e. The van der Waals surface area contributed by atoms with Crippen LogP contribution in [0.15, 0.2) is 65.6 Å². The van der Waals surface area contributed by atoms with Gasteiger partial charge in [-0.3, -0.25) is 4.79 Å². The summed E-state index contributed by atoms with van der Waals surface area (Å²) in [5.74, 6) is -1.14. The van der Waals surface area contributed by atoms with Gasteiger partial charge < -0.3 is 14.6 Å². The molecule has 1 N–H and O–H groups in total. The molecule has 0 unspecified atom stereocenters. The molecule has 32 heavy (non-hydrogen) atoms. The summed E-state index contributed by atoms with van der Waals surface area (Å²) < 4.78 is 10.2. The Morgan fingerprint density at radius 1 is 1.12 bits per heavy atom. The van der Waals surface area contributed by atoms with Gasteiger partial charge in [0.25, 0.3) is 0 Å². The maximum Gasteiger partial charge on any atom is 0.416 e. The molecule has 0 radical (unpaired) electrons. The molecule has 0 aliphatic carbocycles. The van der Waals surface area contributed by atoms with E-state index in [9.17, 15) is 14.7 Å². The number of carbonyl (C=O) groups excluding carboxylic acids is 2. The maximum absolute atomic E-state index is 13.5. The Morgan fingerprint density at radius 2 is 1.75 bits per heavy atom. The summed E-state index contributed by atoms with van der Waals surface area (Å²) in [5.41, 5.74) is 1.03. The van der Waals surface area contributed by atoms with Crippen molar-refractivity contribution in [1.82, 2.24) is 4.90 Å². The number of aliphatic hydroxyl groups excluding tert-OH is 1. The van der Waals surface area contributed by atoms with Crippen molar-refractivity contribution in [3.63, 3.8) is 0 Å². The number of imide groups is 1. The standard InChI is InChI=1S/C25H29NO5S/c1-18(22(27)25(12-14-30-15-13-25)32-21-10-6-3-7-11-21)23(28)26-20(17-31-24(26)29)16-19-8-4-2-5-9-19/h2-11,18,20,22,27H,12-17H2,1H3/t18-,20-,22-/m0/s1. The second kappa shape index (κ2) is 10.1. The third kappa shape index (κ3) is 4.85. The van der Waals surface area contributed by atoms with E-state index in [0.717, 1.165) is 10.5 Å². The molecule has 4 rings (SSSR count). The number of hydrogen-bond donors (Lipinski definition) is 1. The van der Waals surface area contributed by atoms with E-state index in [4.69, 9.17) is 9.47 Å². The van der Waals surface area contributed by atoms with Crippen LogP contribution in [-0.2, 0) is 20.7 Å². The van der Waals surface area contributed by atoms with E-state index in [1.807, 2.05) is 60.7 Å². The quantitative estimate of drug-likeness (QED) is 0.682. The molecule has 170 valence electrons. The van der Waals surface area contributed by atoms with Crippen LogP contribution in [0.1, 0.15) is 25.3 Å². The second-order valence-electron chi connectivity index (χ2n) is 8.45. The molecule has 2 heterocycles. The Hall–Kier alpha value is -2.35. The second-order valence-corrected chi connectivity index (χ2v) is 9.94. The zero-order valence-corrected chi connectivity index (χ0v) is 19.0. The molecular formula is C25H29NO5S. The van der Waals surface area contributed by atoms with Crippen molar-refractivity contribution in [3.8, 4) is 0 Å². The van der Waals surface area contributed by atoms with Crippen molar-refractivity contribution >= 4 is 23.8 Å². The molecule has 0 bridgehead atoms. The van der Waals surface area contributed by atoms with Crippen LogP contribution in [0.3, 0.4) is 0 Å². The first-order valence-corrected chi connectivity index (χ1v) is 11.9. The van der Waals surface area contributed by atoms with Gasteiger partial charge in [-0.15, -0.1) is 11.8 Å². The minimum absolute atomic E-state index is 0.167. The van der Waals surface area contributed by atoms with E-state index in [2.05, 4.69) is 0 Å². The molecular weight excluding hydrogens is 426 g/mol. The number of cyclic esters (lactones) is 1. The highest BCUT2D eigenvalue weighted by molar-refractivity contribution is 8.00. The number of amides is 2. The van der Waals surface area contributed by atoms with Gasteiger partial charge in [0, 0.05) is 18.1 Å². The van der Waals surface area contributed by atoms with Crippen LogP contribution < -0.4 is 0 Å². The van der Waals surface area contributed by atoms with Crippen LogP contribution in [0.2, 0.25) is 0 Å². The summed E-state index contributed by atoms with van der Waals surface area (Å²) in [4.78, 5) is 28.2. The molecule has 2 fully saturated rings. The summed E-state index contributed by atoms with van der Waals surface area (Å²) in [6.07, 6.45) is 0.215. The molecule has 0 aromatic heterocycles. The zero-order chi connectivity index (χ0) is 22.6. The minimum Gasteiger partial charge on any atom is -0.447 e. The topological polar surface area (TPSA) is 76.1 Å². The van der Waals surface area contributed by atoms with Crippen molar-refractivity contribution in [1.29, 1.82) is 0 Å². The van der Waals surface area contributed by atoms with Gasteiger partial charge in [0.05, 0.1) is 22.8 Å². The number of aliphatic hydroxyl groups is 1.